The number of halogens is 9. The molecule has 3 rings (SSSR count). The van der Waals surface area contributed by atoms with Crippen molar-refractivity contribution in [2.24, 2.45) is 5.41 Å². The molecule has 2 heterocycles. The molecule has 1 aromatic heterocycles. The highest BCUT2D eigenvalue weighted by Gasteiger charge is 2.82. The first kappa shape index (κ1) is 28.5. The molecule has 36 heavy (non-hydrogen) atoms. The Labute approximate surface area is 205 Å². The number of sulfonamides is 1. The average molecular weight is 566 g/mol. The monoisotopic (exact) mass is 565 g/mol. The molecule has 3 nitrogen and oxygen atoms in total. The van der Waals surface area contributed by atoms with Gasteiger partial charge in [-0.1, -0.05) is 30.7 Å². The first-order valence-electron chi connectivity index (χ1n) is 10.3. The van der Waals surface area contributed by atoms with E-state index in [1.54, 1.807) is 18.4 Å². The highest BCUT2D eigenvalue weighted by atomic mass is 32.2. The Morgan fingerprint density at radius 3 is 2.06 bits per heavy atom. The molecule has 1 unspecified atom stereocenters. The minimum Gasteiger partial charge on any atom is -0.207 e. The minimum absolute atomic E-state index is 0.133. The van der Waals surface area contributed by atoms with Gasteiger partial charge in [-0.05, 0) is 42.2 Å². The summed E-state index contributed by atoms with van der Waals surface area (Å²) < 4.78 is 149. The van der Waals surface area contributed by atoms with E-state index >= 15 is 0 Å². The summed E-state index contributed by atoms with van der Waals surface area (Å²) in [6.07, 6.45) is -7.84. The SMILES string of the molecule is Cc1ccc(S(=O)(=O)N2C/C(=C/c3cccs3)C(C)(CC(F)(F)C(F)(F)C(F)(F)C(F)(F)F)C2)cc1. The molecule has 0 aliphatic carbocycles. The number of aryl methyl sites for hydroxylation is 1. The van der Waals surface area contributed by atoms with Crippen molar-refractivity contribution in [2.75, 3.05) is 13.1 Å². The molecule has 0 bridgehead atoms. The van der Waals surface area contributed by atoms with Gasteiger partial charge in [0.15, 0.2) is 0 Å². The van der Waals surface area contributed by atoms with Crippen molar-refractivity contribution >= 4 is 27.4 Å². The van der Waals surface area contributed by atoms with Crippen LogP contribution in [-0.4, -0.2) is 49.8 Å². The Kier molecular flexibility index (Phi) is 7.17. The third kappa shape index (κ3) is 4.91. The molecule has 0 saturated carbocycles. The van der Waals surface area contributed by atoms with E-state index in [1.807, 2.05) is 0 Å². The van der Waals surface area contributed by atoms with Crippen molar-refractivity contribution in [3.63, 3.8) is 0 Å². The Morgan fingerprint density at radius 2 is 1.56 bits per heavy atom. The number of hydrogen-bond donors (Lipinski definition) is 0. The molecule has 0 amide bonds. The van der Waals surface area contributed by atoms with Gasteiger partial charge in [-0.3, -0.25) is 0 Å². The van der Waals surface area contributed by atoms with E-state index < -0.39 is 58.9 Å². The van der Waals surface area contributed by atoms with Crippen LogP contribution in [0.1, 0.15) is 23.8 Å². The quantitative estimate of drug-likeness (QED) is 0.339. The van der Waals surface area contributed by atoms with Crippen LogP contribution in [0.4, 0.5) is 39.5 Å². The van der Waals surface area contributed by atoms with Gasteiger partial charge in [0.2, 0.25) is 10.0 Å². The number of rotatable bonds is 7. The minimum atomic E-state index is -7.02. The van der Waals surface area contributed by atoms with Crippen LogP contribution in [0.5, 0.6) is 0 Å². The van der Waals surface area contributed by atoms with Gasteiger partial charge in [0.05, 0.1) is 4.90 Å². The van der Waals surface area contributed by atoms with E-state index in [4.69, 9.17) is 0 Å². The molecule has 0 N–H and O–H groups in total. The zero-order valence-corrected chi connectivity index (χ0v) is 20.4. The summed E-state index contributed by atoms with van der Waals surface area (Å²) in [5, 5.41) is 1.59. The Morgan fingerprint density at radius 1 is 0.972 bits per heavy atom. The zero-order valence-electron chi connectivity index (χ0n) is 18.7. The first-order chi connectivity index (χ1) is 16.2. The van der Waals surface area contributed by atoms with Gasteiger partial charge in [-0.2, -0.15) is 43.8 Å². The maximum atomic E-state index is 14.6. The van der Waals surface area contributed by atoms with Crippen LogP contribution in [-0.2, 0) is 10.0 Å². The Balaban J connectivity index is 2.05. The highest BCUT2D eigenvalue weighted by molar-refractivity contribution is 7.89. The number of benzene rings is 1. The molecule has 1 aliphatic rings. The largest absolute Gasteiger partial charge is 0.460 e. The standard InChI is InChI=1S/C22H20F9NO2S2/c1-14-5-7-17(8-6-14)36(33,34)32-11-15(10-16-4-3-9-35-16)18(2,13-32)12-19(23,24)20(25,26)21(27,28)22(29,30)31/h3-10H,11-13H2,1-2H3/b15-10-. The van der Waals surface area contributed by atoms with E-state index in [0.717, 1.165) is 18.3 Å². The maximum absolute atomic E-state index is 14.6. The molecule has 1 atom stereocenters. The van der Waals surface area contributed by atoms with Crippen LogP contribution in [0.25, 0.3) is 6.08 Å². The molecule has 1 aromatic carbocycles. The molecular weight excluding hydrogens is 545 g/mol. The Hall–Kier alpha value is -2.06. The van der Waals surface area contributed by atoms with Gasteiger partial charge < -0.3 is 0 Å². The van der Waals surface area contributed by atoms with Gasteiger partial charge in [0, 0.05) is 29.8 Å². The summed E-state index contributed by atoms with van der Waals surface area (Å²) in [4.78, 5) is 0.190. The fraction of sp³-hybridized carbons (Fsp3) is 0.455. The zero-order chi connectivity index (χ0) is 27.4. The molecule has 1 fully saturated rings. The summed E-state index contributed by atoms with van der Waals surface area (Å²) in [5.74, 6) is -19.7. The summed E-state index contributed by atoms with van der Waals surface area (Å²) in [7, 11) is -4.35. The number of nitrogens with zero attached hydrogens (tertiary/aromatic N) is 1. The van der Waals surface area contributed by atoms with Crippen LogP contribution in [0.15, 0.2) is 52.2 Å². The third-order valence-electron chi connectivity index (χ3n) is 5.99. The van der Waals surface area contributed by atoms with Gasteiger partial charge >= 0.3 is 23.9 Å². The summed E-state index contributed by atoms with van der Waals surface area (Å²) >= 11 is 1.10. The molecule has 1 saturated heterocycles. The van der Waals surface area contributed by atoms with Crippen LogP contribution >= 0.6 is 11.3 Å². The van der Waals surface area contributed by atoms with Crippen LogP contribution < -0.4 is 0 Å². The van der Waals surface area contributed by atoms with Crippen molar-refractivity contribution in [3.05, 3.63) is 57.8 Å². The van der Waals surface area contributed by atoms with Crippen molar-refractivity contribution in [1.29, 1.82) is 0 Å². The molecule has 0 radical (unpaired) electrons. The number of hydrogen-bond acceptors (Lipinski definition) is 3. The highest BCUT2D eigenvalue weighted by Crippen LogP contribution is 2.57. The van der Waals surface area contributed by atoms with E-state index in [0.29, 0.717) is 14.7 Å². The second-order valence-electron chi connectivity index (χ2n) is 8.86. The fourth-order valence-corrected chi connectivity index (χ4v) is 6.12. The van der Waals surface area contributed by atoms with Gasteiger partial charge in [0.1, 0.15) is 0 Å². The second kappa shape index (κ2) is 9.05. The van der Waals surface area contributed by atoms with Crippen molar-refractivity contribution in [2.45, 2.75) is 49.1 Å². The average Bonchev–Trinajstić information content (AvgIpc) is 3.35. The first-order valence-corrected chi connectivity index (χ1v) is 12.6. The lowest BCUT2D eigenvalue weighted by molar-refractivity contribution is -0.398. The second-order valence-corrected chi connectivity index (χ2v) is 11.8. The predicted octanol–water partition coefficient (Wildman–Crippen LogP) is 7.01. The molecule has 0 spiro atoms. The lowest BCUT2D eigenvalue weighted by Gasteiger charge is -2.38. The summed E-state index contributed by atoms with van der Waals surface area (Å²) in [6.45, 7) is 1.22. The summed E-state index contributed by atoms with van der Waals surface area (Å²) in [5.41, 5.74) is -1.62. The lowest BCUT2D eigenvalue weighted by Crippen LogP contribution is -2.61. The topological polar surface area (TPSA) is 37.4 Å². The molecule has 2 aromatic rings. The smallest absolute Gasteiger partial charge is 0.207 e. The lowest BCUT2D eigenvalue weighted by atomic mass is 9.77. The van der Waals surface area contributed by atoms with Crippen molar-refractivity contribution in [3.8, 4) is 0 Å². The van der Waals surface area contributed by atoms with E-state index in [-0.39, 0.29) is 10.5 Å². The normalized spacial score (nSPS) is 21.9. The molecule has 1 aliphatic heterocycles. The van der Waals surface area contributed by atoms with Crippen LogP contribution in [0.2, 0.25) is 0 Å². The van der Waals surface area contributed by atoms with Crippen molar-refractivity contribution < 1.29 is 47.9 Å². The Bertz CT molecular complexity index is 1220. The van der Waals surface area contributed by atoms with Crippen LogP contribution in [0.3, 0.4) is 0 Å². The summed E-state index contributed by atoms with van der Waals surface area (Å²) in [6, 6.07) is 8.51. The maximum Gasteiger partial charge on any atom is 0.460 e. The number of alkyl halides is 9. The van der Waals surface area contributed by atoms with Gasteiger partial charge in [-0.25, -0.2) is 8.42 Å². The molecule has 14 heteroatoms. The third-order valence-corrected chi connectivity index (χ3v) is 8.61. The van der Waals surface area contributed by atoms with E-state index in [2.05, 4.69) is 0 Å². The van der Waals surface area contributed by atoms with E-state index in [9.17, 15) is 47.9 Å². The van der Waals surface area contributed by atoms with Gasteiger partial charge in [-0.15, -0.1) is 11.3 Å². The number of thiophene rings is 1. The molecule has 200 valence electrons. The van der Waals surface area contributed by atoms with Crippen molar-refractivity contribution in [1.82, 2.24) is 4.31 Å². The van der Waals surface area contributed by atoms with E-state index in [1.165, 1.54) is 36.4 Å². The van der Waals surface area contributed by atoms with Crippen LogP contribution in [0, 0.1) is 12.3 Å². The van der Waals surface area contributed by atoms with Gasteiger partial charge in [0.25, 0.3) is 0 Å². The molecular formula is C22H20F9NO2S2. The fourth-order valence-electron chi connectivity index (χ4n) is 3.90. The predicted molar refractivity (Wildman–Crippen MR) is 116 cm³/mol.